The molecular weight excluding hydrogens is 220 g/mol. The van der Waals surface area contributed by atoms with Crippen LogP contribution in [0.2, 0.25) is 0 Å². The van der Waals surface area contributed by atoms with Crippen LogP contribution < -0.4 is 5.11 Å². The van der Waals surface area contributed by atoms with Gasteiger partial charge in [0.15, 0.2) is 12.0 Å². The van der Waals surface area contributed by atoms with Gasteiger partial charge >= 0.3 is 0 Å². The van der Waals surface area contributed by atoms with Crippen LogP contribution in [0.25, 0.3) is 11.3 Å². The van der Waals surface area contributed by atoms with E-state index in [1.54, 1.807) is 25.1 Å². The van der Waals surface area contributed by atoms with E-state index in [2.05, 4.69) is 0 Å². The minimum absolute atomic E-state index is 0.119. The topological polar surface area (TPSA) is 70.3 Å². The van der Waals surface area contributed by atoms with Gasteiger partial charge in [0.2, 0.25) is 0 Å². The summed E-state index contributed by atoms with van der Waals surface area (Å²) in [6, 6.07) is 7.82. The van der Waals surface area contributed by atoms with E-state index in [4.69, 9.17) is 4.42 Å². The lowest BCUT2D eigenvalue weighted by molar-refractivity contribution is -0.255. The summed E-state index contributed by atoms with van der Waals surface area (Å²) in [5, 5.41) is 10.7. The summed E-state index contributed by atoms with van der Waals surface area (Å²) < 4.78 is 5.27. The van der Waals surface area contributed by atoms with Gasteiger partial charge in [-0.2, -0.15) is 0 Å². The van der Waals surface area contributed by atoms with Crippen LogP contribution in [-0.2, 0) is 0 Å². The molecule has 2 aromatic rings. The average Bonchev–Trinajstić information content (AvgIpc) is 2.77. The molecule has 0 aliphatic rings. The predicted octanol–water partition coefficient (Wildman–Crippen LogP) is 1.43. The minimum Gasteiger partial charge on any atom is -0.545 e. The standard InChI is InChI=1S/C13H10O4/c1-8-6-9(13(15)16)2-4-11(8)12-5-3-10(7-14)17-12/h2-7H,1H3,(H,15,16)/p-1. The lowest BCUT2D eigenvalue weighted by Gasteiger charge is -2.07. The van der Waals surface area contributed by atoms with Crippen molar-refractivity contribution in [2.75, 3.05) is 0 Å². The Morgan fingerprint density at radius 1 is 1.29 bits per heavy atom. The maximum atomic E-state index is 10.7. The minimum atomic E-state index is -1.22. The third-order valence-corrected chi connectivity index (χ3v) is 2.47. The van der Waals surface area contributed by atoms with E-state index < -0.39 is 5.97 Å². The third-order valence-electron chi connectivity index (χ3n) is 2.47. The van der Waals surface area contributed by atoms with Crippen molar-refractivity contribution < 1.29 is 19.1 Å². The van der Waals surface area contributed by atoms with Gasteiger partial charge in [-0.05, 0) is 36.2 Å². The van der Waals surface area contributed by atoms with E-state index in [0.29, 0.717) is 12.0 Å². The average molecular weight is 229 g/mol. The van der Waals surface area contributed by atoms with Gasteiger partial charge < -0.3 is 14.3 Å². The van der Waals surface area contributed by atoms with Crippen molar-refractivity contribution in [3.05, 3.63) is 47.2 Å². The van der Waals surface area contributed by atoms with Crippen molar-refractivity contribution in [2.24, 2.45) is 0 Å². The zero-order chi connectivity index (χ0) is 12.4. The molecule has 1 aromatic heterocycles. The molecule has 0 unspecified atom stereocenters. The Morgan fingerprint density at radius 3 is 2.59 bits per heavy atom. The number of carbonyl (C=O) groups is 2. The summed E-state index contributed by atoms with van der Waals surface area (Å²) in [4.78, 5) is 21.2. The number of aromatic carboxylic acids is 1. The number of furan rings is 1. The second kappa shape index (κ2) is 4.25. The molecular formula is C13H9O4-. The van der Waals surface area contributed by atoms with Crippen LogP contribution in [0.4, 0.5) is 0 Å². The molecule has 0 N–H and O–H groups in total. The van der Waals surface area contributed by atoms with Gasteiger partial charge in [-0.25, -0.2) is 0 Å². The van der Waals surface area contributed by atoms with Crippen LogP contribution in [0.5, 0.6) is 0 Å². The van der Waals surface area contributed by atoms with Crippen LogP contribution in [0.3, 0.4) is 0 Å². The Kier molecular flexibility index (Phi) is 2.78. The highest BCUT2D eigenvalue weighted by Gasteiger charge is 2.08. The van der Waals surface area contributed by atoms with Crippen molar-refractivity contribution in [3.8, 4) is 11.3 Å². The number of carbonyl (C=O) groups excluding carboxylic acids is 2. The largest absolute Gasteiger partial charge is 0.545 e. The molecule has 0 saturated carbocycles. The molecule has 0 atom stereocenters. The SMILES string of the molecule is Cc1cc(C(=O)[O-])ccc1-c1ccc(C=O)o1. The molecule has 0 aliphatic heterocycles. The number of hydrogen-bond donors (Lipinski definition) is 0. The Morgan fingerprint density at radius 2 is 2.06 bits per heavy atom. The highest BCUT2D eigenvalue weighted by atomic mass is 16.4. The van der Waals surface area contributed by atoms with Gasteiger partial charge in [0.05, 0.1) is 5.97 Å². The normalized spacial score (nSPS) is 10.2. The van der Waals surface area contributed by atoms with Gasteiger partial charge in [-0.3, -0.25) is 4.79 Å². The molecule has 1 heterocycles. The fourth-order valence-corrected chi connectivity index (χ4v) is 1.63. The van der Waals surface area contributed by atoms with Crippen molar-refractivity contribution in [1.29, 1.82) is 0 Å². The van der Waals surface area contributed by atoms with Crippen LogP contribution >= 0.6 is 0 Å². The summed E-state index contributed by atoms with van der Waals surface area (Å²) in [5.41, 5.74) is 1.62. The maximum Gasteiger partial charge on any atom is 0.185 e. The molecule has 0 radical (unpaired) electrons. The van der Waals surface area contributed by atoms with Crippen molar-refractivity contribution in [1.82, 2.24) is 0 Å². The second-order valence-corrected chi connectivity index (χ2v) is 3.64. The zero-order valence-electron chi connectivity index (χ0n) is 9.10. The molecule has 0 saturated heterocycles. The first-order chi connectivity index (χ1) is 8.11. The summed E-state index contributed by atoms with van der Waals surface area (Å²) in [7, 11) is 0. The number of benzene rings is 1. The van der Waals surface area contributed by atoms with Crippen molar-refractivity contribution in [3.63, 3.8) is 0 Å². The highest BCUT2D eigenvalue weighted by Crippen LogP contribution is 2.25. The first kappa shape index (κ1) is 11.1. The molecule has 4 heteroatoms. The Labute approximate surface area is 97.5 Å². The summed E-state index contributed by atoms with van der Waals surface area (Å²) in [5.74, 6) is -0.439. The molecule has 0 spiro atoms. The molecule has 0 bridgehead atoms. The first-order valence-electron chi connectivity index (χ1n) is 4.99. The number of carboxylic acid groups (broad SMARTS) is 1. The Hall–Kier alpha value is -2.36. The maximum absolute atomic E-state index is 10.7. The Bertz CT molecular complexity index is 581. The quantitative estimate of drug-likeness (QED) is 0.746. The third kappa shape index (κ3) is 2.10. The molecule has 2 rings (SSSR count). The summed E-state index contributed by atoms with van der Waals surface area (Å²) in [6.07, 6.45) is 0.619. The Balaban J connectivity index is 2.46. The number of aryl methyl sites for hydroxylation is 1. The van der Waals surface area contributed by atoms with E-state index in [1.165, 1.54) is 12.1 Å². The lowest BCUT2D eigenvalue weighted by atomic mass is 10.0. The molecule has 4 nitrogen and oxygen atoms in total. The number of aldehydes is 1. The molecule has 0 aliphatic carbocycles. The van der Waals surface area contributed by atoms with Crippen LogP contribution in [0.15, 0.2) is 34.7 Å². The molecule has 1 aromatic carbocycles. The monoisotopic (exact) mass is 229 g/mol. The highest BCUT2D eigenvalue weighted by molar-refractivity contribution is 5.87. The van der Waals surface area contributed by atoms with Gasteiger partial charge in [0.25, 0.3) is 0 Å². The van der Waals surface area contributed by atoms with Crippen LogP contribution in [-0.4, -0.2) is 12.3 Å². The van der Waals surface area contributed by atoms with Gasteiger partial charge in [0.1, 0.15) is 5.76 Å². The fraction of sp³-hybridized carbons (Fsp3) is 0.0769. The molecule has 86 valence electrons. The number of carboxylic acids is 1. The first-order valence-corrected chi connectivity index (χ1v) is 4.99. The van der Waals surface area contributed by atoms with Gasteiger partial charge in [-0.15, -0.1) is 0 Å². The van der Waals surface area contributed by atoms with E-state index in [0.717, 1.165) is 11.1 Å². The second-order valence-electron chi connectivity index (χ2n) is 3.64. The zero-order valence-corrected chi connectivity index (χ0v) is 9.10. The van der Waals surface area contributed by atoms with Crippen LogP contribution in [0.1, 0.15) is 26.5 Å². The van der Waals surface area contributed by atoms with Gasteiger partial charge in [-0.1, -0.05) is 12.1 Å². The number of hydrogen-bond acceptors (Lipinski definition) is 4. The lowest BCUT2D eigenvalue weighted by Crippen LogP contribution is -2.22. The van der Waals surface area contributed by atoms with E-state index >= 15 is 0 Å². The van der Waals surface area contributed by atoms with Crippen molar-refractivity contribution in [2.45, 2.75) is 6.92 Å². The molecule has 17 heavy (non-hydrogen) atoms. The van der Waals surface area contributed by atoms with E-state index in [9.17, 15) is 14.7 Å². The predicted molar refractivity (Wildman–Crippen MR) is 58.6 cm³/mol. The van der Waals surface area contributed by atoms with Gasteiger partial charge in [0, 0.05) is 5.56 Å². The van der Waals surface area contributed by atoms with E-state index in [1.807, 2.05) is 0 Å². The summed E-state index contributed by atoms with van der Waals surface area (Å²) in [6.45, 7) is 1.77. The fourth-order valence-electron chi connectivity index (χ4n) is 1.63. The number of rotatable bonds is 3. The smallest absolute Gasteiger partial charge is 0.185 e. The molecule has 0 fully saturated rings. The van der Waals surface area contributed by atoms with E-state index in [-0.39, 0.29) is 11.3 Å². The van der Waals surface area contributed by atoms with Crippen molar-refractivity contribution >= 4 is 12.3 Å². The summed E-state index contributed by atoms with van der Waals surface area (Å²) >= 11 is 0. The van der Waals surface area contributed by atoms with Crippen LogP contribution in [0, 0.1) is 6.92 Å². The molecule has 0 amide bonds.